The van der Waals surface area contributed by atoms with Gasteiger partial charge in [-0.15, -0.1) is 11.3 Å². The fraction of sp³-hybridized carbons (Fsp3) is 0.158. The molecule has 1 aliphatic rings. The highest BCUT2D eigenvalue weighted by Crippen LogP contribution is 2.34. The molecule has 0 bridgehead atoms. The maximum atomic E-state index is 11.5. The Balaban J connectivity index is 1.58. The first kappa shape index (κ1) is 15.7. The molecule has 3 aromatic rings. The Morgan fingerprint density at radius 2 is 2.04 bits per heavy atom. The third-order valence-corrected chi connectivity index (χ3v) is 4.93. The summed E-state index contributed by atoms with van der Waals surface area (Å²) < 4.78 is 5.39. The van der Waals surface area contributed by atoms with Crippen LogP contribution >= 0.6 is 11.3 Å². The van der Waals surface area contributed by atoms with Crippen LogP contribution in [0.2, 0.25) is 0 Å². The molecule has 126 valence electrons. The number of rotatable bonds is 3. The number of aryl methyl sites for hydroxylation is 2. The van der Waals surface area contributed by atoms with Crippen LogP contribution in [0, 0.1) is 13.8 Å². The molecule has 2 aromatic carbocycles. The molecule has 0 spiro atoms. The molecule has 1 aromatic heterocycles. The van der Waals surface area contributed by atoms with Crippen LogP contribution in [-0.4, -0.2) is 17.5 Å². The fourth-order valence-electron chi connectivity index (χ4n) is 2.65. The van der Waals surface area contributed by atoms with Crippen LogP contribution in [0.1, 0.15) is 11.1 Å². The Morgan fingerprint density at radius 1 is 1.16 bits per heavy atom. The molecule has 6 heteroatoms. The molecule has 0 saturated heterocycles. The van der Waals surface area contributed by atoms with Crippen LogP contribution in [0.25, 0.3) is 11.3 Å². The number of carbonyl (C=O) groups is 1. The van der Waals surface area contributed by atoms with Gasteiger partial charge >= 0.3 is 0 Å². The van der Waals surface area contributed by atoms with Gasteiger partial charge in [0.25, 0.3) is 5.91 Å². The van der Waals surface area contributed by atoms with E-state index < -0.39 is 0 Å². The van der Waals surface area contributed by atoms with E-state index in [0.717, 1.165) is 22.1 Å². The van der Waals surface area contributed by atoms with Gasteiger partial charge in [0.1, 0.15) is 5.75 Å². The maximum Gasteiger partial charge on any atom is 0.262 e. The number of aromatic nitrogens is 1. The second-order valence-electron chi connectivity index (χ2n) is 6.01. The first-order valence-electron chi connectivity index (χ1n) is 7.95. The smallest absolute Gasteiger partial charge is 0.262 e. The van der Waals surface area contributed by atoms with Gasteiger partial charge in [-0.3, -0.25) is 4.79 Å². The minimum Gasteiger partial charge on any atom is -0.482 e. The normalized spacial score (nSPS) is 13.0. The molecule has 0 saturated carbocycles. The van der Waals surface area contributed by atoms with Crippen molar-refractivity contribution in [2.24, 2.45) is 0 Å². The number of amides is 1. The van der Waals surface area contributed by atoms with E-state index in [1.165, 1.54) is 11.1 Å². The topological polar surface area (TPSA) is 63.2 Å². The Labute approximate surface area is 149 Å². The number of thiazole rings is 1. The van der Waals surface area contributed by atoms with Crippen LogP contribution in [0.3, 0.4) is 0 Å². The average molecular weight is 351 g/mol. The standard InChI is InChI=1S/C19H17N3O2S/c1-11-3-5-14(7-12(11)2)20-19-22-16(10-25-19)13-4-6-17-15(8-13)21-18(23)9-24-17/h3-8,10H,9H2,1-2H3,(H,20,22)(H,21,23). The minimum atomic E-state index is -0.139. The molecular formula is C19H17N3O2S. The highest BCUT2D eigenvalue weighted by Gasteiger charge is 2.17. The van der Waals surface area contributed by atoms with Crippen molar-refractivity contribution in [2.45, 2.75) is 13.8 Å². The monoisotopic (exact) mass is 351 g/mol. The molecule has 0 unspecified atom stereocenters. The largest absolute Gasteiger partial charge is 0.482 e. The van der Waals surface area contributed by atoms with Gasteiger partial charge in [-0.05, 0) is 55.3 Å². The van der Waals surface area contributed by atoms with Gasteiger partial charge in [-0.25, -0.2) is 4.98 Å². The number of nitrogens with zero attached hydrogens (tertiary/aromatic N) is 1. The van der Waals surface area contributed by atoms with Crippen molar-refractivity contribution in [3.63, 3.8) is 0 Å². The van der Waals surface area contributed by atoms with E-state index in [4.69, 9.17) is 4.74 Å². The summed E-state index contributed by atoms with van der Waals surface area (Å²) in [5.41, 5.74) is 6.02. The van der Waals surface area contributed by atoms with Crippen LogP contribution in [-0.2, 0) is 4.79 Å². The van der Waals surface area contributed by atoms with Gasteiger partial charge in [0.05, 0.1) is 11.4 Å². The minimum absolute atomic E-state index is 0.0626. The van der Waals surface area contributed by atoms with Gasteiger partial charge in [0.15, 0.2) is 11.7 Å². The Morgan fingerprint density at radius 3 is 2.88 bits per heavy atom. The lowest BCUT2D eigenvalue weighted by atomic mass is 10.1. The summed E-state index contributed by atoms with van der Waals surface area (Å²) in [6.45, 7) is 4.25. The van der Waals surface area contributed by atoms with Crippen molar-refractivity contribution in [3.05, 3.63) is 52.9 Å². The molecular weight excluding hydrogens is 334 g/mol. The summed E-state index contributed by atoms with van der Waals surface area (Å²) >= 11 is 1.55. The Bertz CT molecular complexity index is 965. The van der Waals surface area contributed by atoms with Gasteiger partial charge < -0.3 is 15.4 Å². The van der Waals surface area contributed by atoms with Crippen molar-refractivity contribution in [3.8, 4) is 17.0 Å². The molecule has 1 aliphatic heterocycles. The van der Waals surface area contributed by atoms with E-state index in [0.29, 0.717) is 11.4 Å². The third kappa shape index (κ3) is 3.21. The highest BCUT2D eigenvalue weighted by atomic mass is 32.1. The number of fused-ring (bicyclic) bond motifs is 1. The summed E-state index contributed by atoms with van der Waals surface area (Å²) in [5, 5.41) is 9.00. The molecule has 2 heterocycles. The van der Waals surface area contributed by atoms with Gasteiger partial charge in [-0.1, -0.05) is 6.07 Å². The first-order valence-corrected chi connectivity index (χ1v) is 8.83. The van der Waals surface area contributed by atoms with Crippen LogP contribution < -0.4 is 15.4 Å². The summed E-state index contributed by atoms with van der Waals surface area (Å²) in [4.78, 5) is 16.1. The Kier molecular flexibility index (Phi) is 3.89. The second kappa shape index (κ2) is 6.22. The predicted octanol–water partition coefficient (Wildman–Crippen LogP) is 4.50. The summed E-state index contributed by atoms with van der Waals surface area (Å²) in [5.74, 6) is 0.548. The molecule has 4 rings (SSSR count). The van der Waals surface area contributed by atoms with Crippen molar-refractivity contribution < 1.29 is 9.53 Å². The maximum absolute atomic E-state index is 11.5. The van der Waals surface area contributed by atoms with E-state index in [1.54, 1.807) is 11.3 Å². The summed E-state index contributed by atoms with van der Waals surface area (Å²) in [6.07, 6.45) is 0. The average Bonchev–Trinajstić information content (AvgIpc) is 3.06. The molecule has 1 amide bonds. The SMILES string of the molecule is Cc1ccc(Nc2nc(-c3ccc4c(c3)NC(=O)CO4)cs2)cc1C. The lowest BCUT2D eigenvalue weighted by Gasteiger charge is -2.18. The van der Waals surface area contributed by atoms with Crippen LogP contribution in [0.5, 0.6) is 5.75 Å². The zero-order chi connectivity index (χ0) is 17.4. The number of nitrogens with one attached hydrogen (secondary N) is 2. The first-order chi connectivity index (χ1) is 12.1. The van der Waals surface area contributed by atoms with E-state index in [9.17, 15) is 4.79 Å². The van der Waals surface area contributed by atoms with Gasteiger partial charge in [-0.2, -0.15) is 0 Å². The highest BCUT2D eigenvalue weighted by molar-refractivity contribution is 7.14. The van der Waals surface area contributed by atoms with Crippen molar-refractivity contribution in [2.75, 3.05) is 17.2 Å². The fourth-order valence-corrected chi connectivity index (χ4v) is 3.39. The van der Waals surface area contributed by atoms with E-state index in [2.05, 4.69) is 47.7 Å². The molecule has 0 fully saturated rings. The van der Waals surface area contributed by atoms with Crippen LogP contribution in [0.15, 0.2) is 41.8 Å². The lowest BCUT2D eigenvalue weighted by Crippen LogP contribution is -2.25. The molecule has 5 nitrogen and oxygen atoms in total. The zero-order valence-electron chi connectivity index (χ0n) is 13.9. The summed E-state index contributed by atoms with van der Waals surface area (Å²) in [7, 11) is 0. The number of hydrogen-bond acceptors (Lipinski definition) is 5. The number of benzene rings is 2. The number of carbonyl (C=O) groups excluding carboxylic acids is 1. The molecule has 0 aliphatic carbocycles. The number of ether oxygens (including phenoxy) is 1. The number of anilines is 3. The summed E-state index contributed by atoms with van der Waals surface area (Å²) in [6, 6.07) is 12.0. The molecule has 25 heavy (non-hydrogen) atoms. The molecule has 0 radical (unpaired) electrons. The van der Waals surface area contributed by atoms with Gasteiger partial charge in [0, 0.05) is 16.6 Å². The van der Waals surface area contributed by atoms with Gasteiger partial charge in [0.2, 0.25) is 0 Å². The lowest BCUT2D eigenvalue weighted by molar-refractivity contribution is -0.118. The van der Waals surface area contributed by atoms with E-state index >= 15 is 0 Å². The number of hydrogen-bond donors (Lipinski definition) is 2. The van der Waals surface area contributed by atoms with Crippen molar-refractivity contribution in [1.29, 1.82) is 0 Å². The molecule has 2 N–H and O–H groups in total. The van der Waals surface area contributed by atoms with Crippen molar-refractivity contribution >= 4 is 33.8 Å². The van der Waals surface area contributed by atoms with E-state index in [-0.39, 0.29) is 12.5 Å². The second-order valence-corrected chi connectivity index (χ2v) is 6.87. The predicted molar refractivity (Wildman–Crippen MR) is 101 cm³/mol. The zero-order valence-corrected chi connectivity index (χ0v) is 14.7. The van der Waals surface area contributed by atoms with E-state index in [1.807, 2.05) is 23.6 Å². The molecule has 0 atom stereocenters. The third-order valence-electron chi connectivity index (χ3n) is 4.17. The Hall–Kier alpha value is -2.86. The quantitative estimate of drug-likeness (QED) is 0.729. The van der Waals surface area contributed by atoms with Crippen molar-refractivity contribution in [1.82, 2.24) is 4.98 Å². The van der Waals surface area contributed by atoms with Crippen LogP contribution in [0.4, 0.5) is 16.5 Å².